The number of hydrogen-bond donors (Lipinski definition) is 1. The Morgan fingerprint density at radius 1 is 1.40 bits per heavy atom. The van der Waals surface area contributed by atoms with Crippen molar-refractivity contribution in [2.45, 2.75) is 0 Å². The molecule has 10 heavy (non-hydrogen) atoms. The molecule has 0 radical (unpaired) electrons. The van der Waals surface area contributed by atoms with Crippen LogP contribution in [0.4, 0.5) is 0 Å². The second-order valence-electron chi connectivity index (χ2n) is 1.91. The monoisotopic (exact) mass is 153 g/mol. The quantitative estimate of drug-likeness (QED) is 0.658. The van der Waals surface area contributed by atoms with Gasteiger partial charge in [-0.3, -0.25) is 0 Å². The molecule has 2 heteroatoms. The molecule has 2 N–H and O–H groups in total. The van der Waals surface area contributed by atoms with E-state index in [1.165, 1.54) is 6.20 Å². The molecule has 0 aliphatic carbocycles. The Hall–Kier alpha value is -0.950. The number of benzene rings is 1. The van der Waals surface area contributed by atoms with Crippen molar-refractivity contribution in [3.63, 3.8) is 0 Å². The average molecular weight is 154 g/mol. The van der Waals surface area contributed by atoms with Crippen molar-refractivity contribution in [1.29, 1.82) is 0 Å². The van der Waals surface area contributed by atoms with Crippen LogP contribution in [-0.2, 0) is 0 Å². The number of nitrogens with two attached hydrogens (primary N) is 1. The topological polar surface area (TPSA) is 26.0 Å². The van der Waals surface area contributed by atoms with Crippen molar-refractivity contribution < 1.29 is 0 Å². The zero-order chi connectivity index (χ0) is 7.40. The van der Waals surface area contributed by atoms with Gasteiger partial charge in [0.05, 0.1) is 0 Å². The molecule has 0 atom stereocenters. The van der Waals surface area contributed by atoms with Crippen LogP contribution in [0.25, 0.3) is 6.08 Å². The van der Waals surface area contributed by atoms with Gasteiger partial charge in [-0.05, 0) is 30.0 Å². The van der Waals surface area contributed by atoms with Gasteiger partial charge >= 0.3 is 0 Å². The van der Waals surface area contributed by atoms with Crippen LogP contribution in [0.15, 0.2) is 30.5 Å². The summed E-state index contributed by atoms with van der Waals surface area (Å²) in [5, 5.41) is 0.732. The van der Waals surface area contributed by atoms with Crippen molar-refractivity contribution in [1.82, 2.24) is 0 Å². The van der Waals surface area contributed by atoms with E-state index in [2.05, 4.69) is 0 Å². The summed E-state index contributed by atoms with van der Waals surface area (Å²) >= 11 is 5.71. The molecule has 0 bridgehead atoms. The molecule has 0 saturated carbocycles. The first-order valence-electron chi connectivity index (χ1n) is 2.97. The van der Waals surface area contributed by atoms with Crippen LogP contribution < -0.4 is 5.73 Å². The van der Waals surface area contributed by atoms with Gasteiger partial charge < -0.3 is 5.73 Å². The van der Waals surface area contributed by atoms with Crippen LogP contribution in [0.3, 0.4) is 0 Å². The minimum atomic E-state index is 0.732. The van der Waals surface area contributed by atoms with Gasteiger partial charge in [0.25, 0.3) is 0 Å². The molecule has 0 unspecified atom stereocenters. The Morgan fingerprint density at radius 2 is 2.20 bits per heavy atom. The number of hydrogen-bond acceptors (Lipinski definition) is 1. The van der Waals surface area contributed by atoms with E-state index in [4.69, 9.17) is 17.3 Å². The highest BCUT2D eigenvalue weighted by Gasteiger charge is 1.86. The summed E-state index contributed by atoms with van der Waals surface area (Å²) in [5.74, 6) is 0. The molecule has 0 spiro atoms. The number of rotatable bonds is 1. The first-order chi connectivity index (χ1) is 4.83. The fourth-order valence-electron chi connectivity index (χ4n) is 0.721. The lowest BCUT2D eigenvalue weighted by molar-refractivity contribution is 1.60. The lowest BCUT2D eigenvalue weighted by Gasteiger charge is -1.91. The first kappa shape index (κ1) is 7.16. The van der Waals surface area contributed by atoms with Crippen molar-refractivity contribution in [2.24, 2.45) is 5.73 Å². The minimum Gasteiger partial charge on any atom is -0.405 e. The van der Waals surface area contributed by atoms with Gasteiger partial charge in [0.2, 0.25) is 0 Å². The Labute approximate surface area is 65.1 Å². The summed E-state index contributed by atoms with van der Waals surface area (Å²) in [7, 11) is 0. The van der Waals surface area contributed by atoms with Gasteiger partial charge in [-0.2, -0.15) is 0 Å². The largest absolute Gasteiger partial charge is 0.405 e. The highest BCUT2D eigenvalue weighted by Crippen LogP contribution is 2.10. The van der Waals surface area contributed by atoms with E-state index in [9.17, 15) is 0 Å². The molecular weight excluding hydrogens is 146 g/mol. The molecule has 0 amide bonds. The third-order valence-corrected chi connectivity index (χ3v) is 1.37. The molecular formula is C8H8ClN. The molecule has 1 nitrogen and oxygen atoms in total. The van der Waals surface area contributed by atoms with Gasteiger partial charge in [0, 0.05) is 5.02 Å². The molecule has 0 aliphatic rings. The highest BCUT2D eigenvalue weighted by molar-refractivity contribution is 6.30. The van der Waals surface area contributed by atoms with Gasteiger partial charge in [0.15, 0.2) is 0 Å². The maximum absolute atomic E-state index is 5.71. The predicted octanol–water partition coefficient (Wildman–Crippen LogP) is 2.27. The Morgan fingerprint density at radius 3 is 2.80 bits per heavy atom. The predicted molar refractivity (Wildman–Crippen MR) is 44.7 cm³/mol. The second-order valence-corrected chi connectivity index (χ2v) is 2.35. The summed E-state index contributed by atoms with van der Waals surface area (Å²) < 4.78 is 0. The van der Waals surface area contributed by atoms with Crippen LogP contribution in [0, 0.1) is 0 Å². The van der Waals surface area contributed by atoms with Crippen LogP contribution >= 0.6 is 11.6 Å². The molecule has 1 aromatic rings. The van der Waals surface area contributed by atoms with Crippen LogP contribution in [0.2, 0.25) is 5.02 Å². The zero-order valence-corrected chi connectivity index (χ0v) is 6.18. The Bertz CT molecular complexity index is 243. The van der Waals surface area contributed by atoms with Crippen LogP contribution in [-0.4, -0.2) is 0 Å². The van der Waals surface area contributed by atoms with Crippen LogP contribution in [0.1, 0.15) is 5.56 Å². The van der Waals surface area contributed by atoms with Gasteiger partial charge in [-0.1, -0.05) is 23.7 Å². The fourth-order valence-corrected chi connectivity index (χ4v) is 0.920. The average Bonchev–Trinajstić information content (AvgIpc) is 1.88. The van der Waals surface area contributed by atoms with Crippen molar-refractivity contribution in [3.8, 4) is 0 Å². The lowest BCUT2D eigenvalue weighted by atomic mass is 10.2. The van der Waals surface area contributed by atoms with Crippen LogP contribution in [0.5, 0.6) is 0 Å². The third kappa shape index (κ3) is 1.78. The molecule has 1 aromatic carbocycles. The Balaban J connectivity index is 2.95. The first-order valence-corrected chi connectivity index (χ1v) is 3.34. The second kappa shape index (κ2) is 3.28. The van der Waals surface area contributed by atoms with Crippen molar-refractivity contribution in [2.75, 3.05) is 0 Å². The van der Waals surface area contributed by atoms with E-state index in [-0.39, 0.29) is 0 Å². The normalized spacial score (nSPS) is 10.5. The standard InChI is InChI=1S/C8H8ClN/c9-8-3-1-2-7(6-8)4-5-10/h1-6H,10H2. The summed E-state index contributed by atoms with van der Waals surface area (Å²) in [6.45, 7) is 0. The van der Waals surface area contributed by atoms with E-state index < -0.39 is 0 Å². The molecule has 52 valence electrons. The molecule has 0 aromatic heterocycles. The summed E-state index contributed by atoms with van der Waals surface area (Å²) in [6.07, 6.45) is 3.29. The SMILES string of the molecule is NC=Cc1cccc(Cl)c1. The lowest BCUT2D eigenvalue weighted by Crippen LogP contribution is -1.76. The maximum Gasteiger partial charge on any atom is 0.0411 e. The zero-order valence-electron chi connectivity index (χ0n) is 5.42. The highest BCUT2D eigenvalue weighted by atomic mass is 35.5. The summed E-state index contributed by atoms with van der Waals surface area (Å²) in [4.78, 5) is 0. The Kier molecular flexibility index (Phi) is 2.35. The third-order valence-electron chi connectivity index (χ3n) is 1.14. The summed E-state index contributed by atoms with van der Waals surface area (Å²) in [5.41, 5.74) is 6.21. The van der Waals surface area contributed by atoms with Crippen molar-refractivity contribution in [3.05, 3.63) is 41.1 Å². The van der Waals surface area contributed by atoms with Gasteiger partial charge in [-0.15, -0.1) is 0 Å². The number of halogens is 1. The minimum absolute atomic E-state index is 0.732. The molecule has 0 heterocycles. The van der Waals surface area contributed by atoms with E-state index in [1.54, 1.807) is 6.08 Å². The molecule has 0 aliphatic heterocycles. The fraction of sp³-hybridized carbons (Fsp3) is 0. The van der Waals surface area contributed by atoms with E-state index in [1.807, 2.05) is 24.3 Å². The van der Waals surface area contributed by atoms with Gasteiger partial charge in [-0.25, -0.2) is 0 Å². The molecule has 0 fully saturated rings. The maximum atomic E-state index is 5.71. The molecule has 1 rings (SSSR count). The smallest absolute Gasteiger partial charge is 0.0411 e. The van der Waals surface area contributed by atoms with Crippen molar-refractivity contribution >= 4 is 17.7 Å². The van der Waals surface area contributed by atoms with Gasteiger partial charge in [0.1, 0.15) is 0 Å². The van der Waals surface area contributed by atoms with E-state index in [0.717, 1.165) is 10.6 Å². The summed E-state index contributed by atoms with van der Waals surface area (Å²) in [6, 6.07) is 7.51. The molecule has 0 saturated heterocycles. The van der Waals surface area contributed by atoms with E-state index in [0.29, 0.717) is 0 Å². The van der Waals surface area contributed by atoms with E-state index >= 15 is 0 Å².